The van der Waals surface area contributed by atoms with Crippen molar-refractivity contribution >= 4 is 28.6 Å². The van der Waals surface area contributed by atoms with E-state index in [0.29, 0.717) is 60.1 Å². The van der Waals surface area contributed by atoms with Gasteiger partial charge in [0, 0.05) is 35.6 Å². The maximum atomic E-state index is 13.8. The molecule has 2 aromatic heterocycles. The molecule has 0 radical (unpaired) electrons. The van der Waals surface area contributed by atoms with Crippen LogP contribution < -0.4 is 4.74 Å². The van der Waals surface area contributed by atoms with Crippen LogP contribution in [0.25, 0.3) is 10.9 Å². The number of hydrogen-bond donors (Lipinski definition) is 2. The van der Waals surface area contributed by atoms with Gasteiger partial charge in [0.2, 0.25) is 0 Å². The Morgan fingerprint density at radius 1 is 1.25 bits per heavy atom. The summed E-state index contributed by atoms with van der Waals surface area (Å²) in [5.41, 5.74) is 0.507. The van der Waals surface area contributed by atoms with Crippen molar-refractivity contribution in [2.24, 2.45) is 5.41 Å². The fourth-order valence-corrected chi connectivity index (χ4v) is 5.77. The minimum absolute atomic E-state index is 0.227. The predicted molar refractivity (Wildman–Crippen MR) is 138 cm³/mol. The van der Waals surface area contributed by atoms with Crippen molar-refractivity contribution in [3.63, 3.8) is 0 Å². The summed E-state index contributed by atoms with van der Waals surface area (Å²) in [5.74, 6) is 0.647. The maximum absolute atomic E-state index is 13.8. The van der Waals surface area contributed by atoms with E-state index in [4.69, 9.17) is 4.74 Å². The monoisotopic (exact) mass is 513 g/mol. The third-order valence-corrected chi connectivity index (χ3v) is 8.06. The number of carbonyl (C=O) groups is 1. The summed E-state index contributed by atoms with van der Waals surface area (Å²) in [6.07, 6.45) is 3.80. The molecule has 36 heavy (non-hydrogen) atoms. The van der Waals surface area contributed by atoms with Crippen LogP contribution in [0.15, 0.2) is 53.8 Å². The number of piperidine rings is 1. The molecule has 7 nitrogen and oxygen atoms in total. The second-order valence-corrected chi connectivity index (χ2v) is 10.3. The molecule has 0 spiro atoms. The van der Waals surface area contributed by atoms with Crippen LogP contribution in [0, 0.1) is 5.41 Å². The highest BCUT2D eigenvalue weighted by Crippen LogP contribution is 2.40. The SMILES string of the molecule is COc1ccc2ncc(CF)c([C@@H](O)CCC3(C(=O)O)CCN(CCSc4ccccn4)CC3)c2c1. The van der Waals surface area contributed by atoms with Crippen LogP contribution >= 0.6 is 11.8 Å². The van der Waals surface area contributed by atoms with Crippen LogP contribution in [0.5, 0.6) is 5.75 Å². The van der Waals surface area contributed by atoms with E-state index in [1.54, 1.807) is 43.3 Å². The van der Waals surface area contributed by atoms with Crippen LogP contribution in [0.3, 0.4) is 0 Å². The molecule has 2 N–H and O–H groups in total. The standard InChI is InChI=1S/C27H32FN3O4S/c1-35-20-5-6-22-21(16-20)25(19(17-28)18-30-22)23(32)7-8-27(26(33)34)9-12-31(13-10-27)14-15-36-24-4-2-3-11-29-24/h2-6,11,16,18,23,32H,7-10,12-15,17H2,1H3,(H,33,34)/t23-/m0/s1. The van der Waals surface area contributed by atoms with Crippen LogP contribution in [0.1, 0.15) is 42.9 Å². The molecule has 1 fully saturated rings. The average Bonchev–Trinajstić information content (AvgIpc) is 2.92. The van der Waals surface area contributed by atoms with Gasteiger partial charge in [-0.2, -0.15) is 0 Å². The van der Waals surface area contributed by atoms with Crippen molar-refractivity contribution < 1.29 is 24.1 Å². The fourth-order valence-electron chi connectivity index (χ4n) is 4.91. The summed E-state index contributed by atoms with van der Waals surface area (Å²) in [7, 11) is 1.55. The molecular weight excluding hydrogens is 481 g/mol. The van der Waals surface area contributed by atoms with Crippen LogP contribution in [-0.4, -0.2) is 63.5 Å². The number of pyridine rings is 2. The first-order valence-corrected chi connectivity index (χ1v) is 13.1. The van der Waals surface area contributed by atoms with E-state index in [9.17, 15) is 19.4 Å². The van der Waals surface area contributed by atoms with Crippen molar-refractivity contribution in [3.05, 3.63) is 59.9 Å². The molecule has 0 aliphatic carbocycles. The van der Waals surface area contributed by atoms with Crippen LogP contribution in [0.4, 0.5) is 4.39 Å². The molecule has 3 heterocycles. The van der Waals surface area contributed by atoms with Gasteiger partial charge in [0.15, 0.2) is 0 Å². The molecule has 0 saturated carbocycles. The number of carboxylic acid groups (broad SMARTS) is 1. The quantitative estimate of drug-likeness (QED) is 0.350. The third-order valence-electron chi connectivity index (χ3n) is 7.13. The number of aromatic nitrogens is 2. The van der Waals surface area contributed by atoms with Gasteiger partial charge in [-0.3, -0.25) is 9.78 Å². The number of halogens is 1. The largest absolute Gasteiger partial charge is 0.497 e. The number of fused-ring (bicyclic) bond motifs is 1. The fraction of sp³-hybridized carbons (Fsp3) is 0.444. The number of nitrogens with zero attached hydrogens (tertiary/aromatic N) is 3. The van der Waals surface area contributed by atoms with Gasteiger partial charge in [-0.15, -0.1) is 11.8 Å². The molecule has 4 rings (SSSR count). The Morgan fingerprint density at radius 2 is 2.06 bits per heavy atom. The lowest BCUT2D eigenvalue weighted by molar-refractivity contribution is -0.153. The summed E-state index contributed by atoms with van der Waals surface area (Å²) in [5, 5.41) is 22.9. The molecule has 1 atom stereocenters. The zero-order chi connectivity index (χ0) is 25.5. The minimum atomic E-state index is -1.00. The lowest BCUT2D eigenvalue weighted by Crippen LogP contribution is -2.45. The molecule has 0 amide bonds. The van der Waals surface area contributed by atoms with Crippen LogP contribution in [0.2, 0.25) is 0 Å². The average molecular weight is 514 g/mol. The molecule has 1 aliphatic rings. The summed E-state index contributed by atoms with van der Waals surface area (Å²) in [4.78, 5) is 23.3. The zero-order valence-corrected chi connectivity index (χ0v) is 21.2. The number of aliphatic hydroxyl groups excluding tert-OH is 1. The molecule has 1 aliphatic heterocycles. The molecule has 0 bridgehead atoms. The Hall–Kier alpha value is -2.75. The normalized spacial score (nSPS) is 16.6. The Morgan fingerprint density at radius 3 is 2.72 bits per heavy atom. The third kappa shape index (κ3) is 5.96. The molecule has 192 valence electrons. The smallest absolute Gasteiger partial charge is 0.309 e. The number of ether oxygens (including phenoxy) is 1. The number of benzene rings is 1. The Kier molecular flexibility index (Phi) is 8.77. The van der Waals surface area contributed by atoms with Gasteiger partial charge in [0.1, 0.15) is 12.4 Å². The number of likely N-dealkylation sites (tertiary alicyclic amines) is 1. The van der Waals surface area contributed by atoms with E-state index in [2.05, 4.69) is 14.9 Å². The van der Waals surface area contributed by atoms with E-state index >= 15 is 0 Å². The molecular formula is C27H32FN3O4S. The van der Waals surface area contributed by atoms with Crippen molar-refractivity contribution in [1.82, 2.24) is 14.9 Å². The number of aliphatic carboxylic acids is 1. The number of alkyl halides is 1. The molecule has 0 unspecified atom stereocenters. The van der Waals surface area contributed by atoms with Crippen molar-refractivity contribution in [2.45, 2.75) is 43.5 Å². The lowest BCUT2D eigenvalue weighted by atomic mass is 9.74. The number of methoxy groups -OCH3 is 1. The first kappa shape index (κ1) is 26.3. The first-order valence-electron chi connectivity index (χ1n) is 12.1. The van der Waals surface area contributed by atoms with E-state index in [1.807, 2.05) is 18.2 Å². The topological polar surface area (TPSA) is 95.8 Å². The maximum Gasteiger partial charge on any atom is 0.309 e. The highest BCUT2D eigenvalue weighted by molar-refractivity contribution is 7.99. The Labute approximate surface area is 214 Å². The second-order valence-electron chi connectivity index (χ2n) is 9.21. The molecule has 1 aromatic carbocycles. The summed E-state index contributed by atoms with van der Waals surface area (Å²) in [6.45, 7) is 1.49. The van der Waals surface area contributed by atoms with E-state index < -0.39 is 24.2 Å². The van der Waals surface area contributed by atoms with Crippen molar-refractivity contribution in [2.75, 3.05) is 32.5 Å². The molecule has 9 heteroatoms. The minimum Gasteiger partial charge on any atom is -0.497 e. The predicted octanol–water partition coefficient (Wildman–Crippen LogP) is 4.88. The van der Waals surface area contributed by atoms with Gasteiger partial charge >= 0.3 is 5.97 Å². The van der Waals surface area contributed by atoms with Gasteiger partial charge in [0.05, 0.1) is 29.2 Å². The lowest BCUT2D eigenvalue weighted by Gasteiger charge is -2.39. The Balaban J connectivity index is 1.40. The van der Waals surface area contributed by atoms with Gasteiger partial charge < -0.3 is 19.8 Å². The Bertz CT molecular complexity index is 1170. The summed E-state index contributed by atoms with van der Waals surface area (Å²) in [6, 6.07) is 11.1. The summed E-state index contributed by atoms with van der Waals surface area (Å²) >= 11 is 1.69. The number of carboxylic acids is 1. The highest BCUT2D eigenvalue weighted by atomic mass is 32.2. The summed E-state index contributed by atoms with van der Waals surface area (Å²) < 4.78 is 19.1. The number of rotatable bonds is 11. The van der Waals surface area contributed by atoms with Crippen molar-refractivity contribution in [3.8, 4) is 5.75 Å². The van der Waals surface area contributed by atoms with E-state index in [0.717, 1.165) is 17.3 Å². The number of aliphatic hydroxyl groups is 1. The molecule has 1 saturated heterocycles. The van der Waals surface area contributed by atoms with Crippen LogP contribution in [-0.2, 0) is 11.5 Å². The molecule has 3 aromatic rings. The zero-order valence-electron chi connectivity index (χ0n) is 20.4. The van der Waals surface area contributed by atoms with E-state index in [1.165, 1.54) is 6.20 Å². The van der Waals surface area contributed by atoms with Gasteiger partial charge in [-0.25, -0.2) is 9.37 Å². The van der Waals surface area contributed by atoms with Gasteiger partial charge in [-0.05, 0) is 74.7 Å². The van der Waals surface area contributed by atoms with Crippen molar-refractivity contribution in [1.29, 1.82) is 0 Å². The van der Waals surface area contributed by atoms with Gasteiger partial charge in [-0.1, -0.05) is 6.07 Å². The first-order chi connectivity index (χ1) is 17.5. The highest BCUT2D eigenvalue weighted by Gasteiger charge is 2.41. The number of hydrogen-bond acceptors (Lipinski definition) is 7. The van der Waals surface area contributed by atoms with E-state index in [-0.39, 0.29) is 6.42 Å². The van der Waals surface area contributed by atoms with Gasteiger partial charge in [0.25, 0.3) is 0 Å². The number of thioether (sulfide) groups is 1. The second kappa shape index (κ2) is 12.0.